The van der Waals surface area contributed by atoms with E-state index in [0.717, 1.165) is 17.7 Å². The minimum atomic E-state index is -0.497. The molecule has 1 aromatic heterocycles. The molecule has 1 amide bonds. The van der Waals surface area contributed by atoms with E-state index in [1.165, 1.54) is 12.4 Å². The largest absolute Gasteiger partial charge is 0.462 e. The smallest absolute Gasteiger partial charge is 0.340 e. The van der Waals surface area contributed by atoms with Gasteiger partial charge in [0.25, 0.3) is 5.91 Å². The van der Waals surface area contributed by atoms with E-state index in [9.17, 15) is 9.59 Å². The fourth-order valence-electron chi connectivity index (χ4n) is 2.76. The molecule has 0 saturated heterocycles. The minimum Gasteiger partial charge on any atom is -0.462 e. The van der Waals surface area contributed by atoms with Crippen molar-refractivity contribution in [2.75, 3.05) is 17.2 Å². The Labute approximate surface area is 169 Å². The Morgan fingerprint density at radius 2 is 1.66 bits per heavy atom. The molecule has 0 fully saturated rings. The molecule has 3 aromatic rings. The van der Waals surface area contributed by atoms with Crippen LogP contribution in [0.25, 0.3) is 0 Å². The van der Waals surface area contributed by atoms with E-state index in [2.05, 4.69) is 27.5 Å². The maximum Gasteiger partial charge on any atom is 0.340 e. The number of hydrogen-bond donors (Lipinski definition) is 2. The van der Waals surface area contributed by atoms with Crippen molar-refractivity contribution in [3.63, 3.8) is 0 Å². The fraction of sp³-hybridized carbons (Fsp3) is 0.182. The molecular formula is C22H22N4O3. The van der Waals surface area contributed by atoms with Crippen molar-refractivity contribution in [1.29, 1.82) is 0 Å². The van der Waals surface area contributed by atoms with Crippen molar-refractivity contribution in [2.24, 2.45) is 0 Å². The number of hydrogen-bond acceptors (Lipinski definition) is 6. The third-order valence-electron chi connectivity index (χ3n) is 4.22. The SMILES string of the molecule is CCOC(=O)c1ccccc1NC(=O)c1cnc(Nc2ccccc2CC)cn1. The second-order valence-electron chi connectivity index (χ2n) is 6.14. The number of benzene rings is 2. The monoisotopic (exact) mass is 390 g/mol. The van der Waals surface area contributed by atoms with E-state index in [1.54, 1.807) is 31.2 Å². The van der Waals surface area contributed by atoms with Crippen LogP contribution in [0.3, 0.4) is 0 Å². The lowest BCUT2D eigenvalue weighted by Crippen LogP contribution is -2.17. The van der Waals surface area contributed by atoms with Crippen molar-refractivity contribution < 1.29 is 14.3 Å². The zero-order valence-corrected chi connectivity index (χ0v) is 16.3. The molecule has 2 N–H and O–H groups in total. The first kappa shape index (κ1) is 20.0. The lowest BCUT2D eigenvalue weighted by atomic mass is 10.1. The van der Waals surface area contributed by atoms with Gasteiger partial charge in [-0.25, -0.2) is 14.8 Å². The van der Waals surface area contributed by atoms with Crippen molar-refractivity contribution in [2.45, 2.75) is 20.3 Å². The van der Waals surface area contributed by atoms with Crippen LogP contribution in [0.4, 0.5) is 17.2 Å². The van der Waals surface area contributed by atoms with E-state index in [-0.39, 0.29) is 17.9 Å². The van der Waals surface area contributed by atoms with E-state index in [0.29, 0.717) is 11.5 Å². The average molecular weight is 390 g/mol. The number of esters is 1. The van der Waals surface area contributed by atoms with Gasteiger partial charge in [0.1, 0.15) is 11.5 Å². The number of para-hydroxylation sites is 2. The molecule has 0 aliphatic rings. The van der Waals surface area contributed by atoms with Crippen molar-refractivity contribution in [3.8, 4) is 0 Å². The minimum absolute atomic E-state index is 0.137. The molecule has 7 nitrogen and oxygen atoms in total. The highest BCUT2D eigenvalue weighted by Gasteiger charge is 2.16. The molecule has 0 aliphatic heterocycles. The van der Waals surface area contributed by atoms with Gasteiger partial charge in [0, 0.05) is 5.69 Å². The van der Waals surface area contributed by atoms with Crippen LogP contribution in [0.5, 0.6) is 0 Å². The average Bonchev–Trinajstić information content (AvgIpc) is 2.75. The second kappa shape index (κ2) is 9.45. The van der Waals surface area contributed by atoms with Gasteiger partial charge < -0.3 is 15.4 Å². The summed E-state index contributed by atoms with van der Waals surface area (Å²) in [5.74, 6) is -0.423. The quantitative estimate of drug-likeness (QED) is 0.587. The molecule has 29 heavy (non-hydrogen) atoms. The summed E-state index contributed by atoms with van der Waals surface area (Å²) >= 11 is 0. The maximum atomic E-state index is 12.5. The predicted octanol–water partition coefficient (Wildman–Crippen LogP) is 4.21. The number of anilines is 3. The first-order chi connectivity index (χ1) is 14.1. The van der Waals surface area contributed by atoms with Crippen LogP contribution in [-0.2, 0) is 11.2 Å². The number of carbonyl (C=O) groups excluding carboxylic acids is 2. The summed E-state index contributed by atoms with van der Waals surface area (Å²) in [5.41, 5.74) is 2.89. The lowest BCUT2D eigenvalue weighted by molar-refractivity contribution is 0.0527. The molecule has 0 atom stereocenters. The van der Waals surface area contributed by atoms with Crippen LogP contribution in [0.1, 0.15) is 40.3 Å². The number of carbonyl (C=O) groups is 2. The van der Waals surface area contributed by atoms with Gasteiger partial charge in [-0.1, -0.05) is 37.3 Å². The summed E-state index contributed by atoms with van der Waals surface area (Å²) < 4.78 is 5.02. The normalized spacial score (nSPS) is 10.3. The van der Waals surface area contributed by atoms with Gasteiger partial charge >= 0.3 is 5.97 Å². The first-order valence-corrected chi connectivity index (χ1v) is 9.36. The number of ether oxygens (including phenoxy) is 1. The number of rotatable bonds is 7. The number of nitrogens with one attached hydrogen (secondary N) is 2. The second-order valence-corrected chi connectivity index (χ2v) is 6.14. The number of nitrogens with zero attached hydrogens (tertiary/aromatic N) is 2. The van der Waals surface area contributed by atoms with Gasteiger partial charge in [-0.2, -0.15) is 0 Å². The van der Waals surface area contributed by atoms with Gasteiger partial charge in [-0.15, -0.1) is 0 Å². The number of aromatic nitrogens is 2. The first-order valence-electron chi connectivity index (χ1n) is 9.36. The molecule has 0 unspecified atom stereocenters. The van der Waals surface area contributed by atoms with Gasteiger partial charge in [-0.3, -0.25) is 4.79 Å². The lowest BCUT2D eigenvalue weighted by Gasteiger charge is -2.11. The summed E-state index contributed by atoms with van der Waals surface area (Å²) in [6.45, 7) is 4.05. The Kier molecular flexibility index (Phi) is 6.52. The molecule has 3 rings (SSSR count). The Morgan fingerprint density at radius 3 is 2.34 bits per heavy atom. The Bertz CT molecular complexity index is 1000. The van der Waals surface area contributed by atoms with Crippen molar-refractivity contribution in [3.05, 3.63) is 77.7 Å². The topological polar surface area (TPSA) is 93.2 Å². The van der Waals surface area contributed by atoms with Crippen molar-refractivity contribution in [1.82, 2.24) is 9.97 Å². The summed E-state index contributed by atoms with van der Waals surface area (Å²) in [6.07, 6.45) is 3.77. The fourth-order valence-corrected chi connectivity index (χ4v) is 2.76. The van der Waals surface area contributed by atoms with E-state index in [1.807, 2.05) is 24.3 Å². The standard InChI is InChI=1S/C22H22N4O3/c1-3-15-9-5-7-11-17(15)25-20-14-23-19(13-24-20)21(27)26-18-12-8-6-10-16(18)22(28)29-4-2/h5-14H,3-4H2,1-2H3,(H,24,25)(H,26,27). The van der Waals surface area contributed by atoms with Crippen molar-refractivity contribution >= 4 is 29.1 Å². The Hall–Kier alpha value is -3.74. The highest BCUT2D eigenvalue weighted by Crippen LogP contribution is 2.20. The molecular weight excluding hydrogens is 368 g/mol. The van der Waals surface area contributed by atoms with E-state index in [4.69, 9.17) is 4.74 Å². The maximum absolute atomic E-state index is 12.5. The zero-order chi connectivity index (χ0) is 20.6. The molecule has 0 saturated carbocycles. The summed E-state index contributed by atoms with van der Waals surface area (Å²) in [5, 5.41) is 5.90. The molecule has 1 heterocycles. The molecule has 2 aromatic carbocycles. The molecule has 0 radical (unpaired) electrons. The van der Waals surface area contributed by atoms with Crippen LogP contribution in [0, 0.1) is 0 Å². The Balaban J connectivity index is 1.72. The van der Waals surface area contributed by atoms with Crippen LogP contribution in [0.15, 0.2) is 60.9 Å². The van der Waals surface area contributed by atoms with Gasteiger partial charge in [-0.05, 0) is 37.1 Å². The van der Waals surface area contributed by atoms with Gasteiger partial charge in [0.05, 0.1) is 30.3 Å². The summed E-state index contributed by atoms with van der Waals surface area (Å²) in [6, 6.07) is 14.6. The predicted molar refractivity (Wildman–Crippen MR) is 111 cm³/mol. The van der Waals surface area contributed by atoms with Crippen LogP contribution < -0.4 is 10.6 Å². The van der Waals surface area contributed by atoms with Gasteiger partial charge in [0.15, 0.2) is 0 Å². The van der Waals surface area contributed by atoms with E-state index >= 15 is 0 Å². The van der Waals surface area contributed by atoms with Gasteiger partial charge in [0.2, 0.25) is 0 Å². The van der Waals surface area contributed by atoms with Crippen LogP contribution in [-0.4, -0.2) is 28.5 Å². The van der Waals surface area contributed by atoms with E-state index < -0.39 is 11.9 Å². The van der Waals surface area contributed by atoms with Crippen LogP contribution in [0.2, 0.25) is 0 Å². The van der Waals surface area contributed by atoms with Crippen LogP contribution >= 0.6 is 0 Å². The highest BCUT2D eigenvalue weighted by molar-refractivity contribution is 6.07. The molecule has 7 heteroatoms. The number of amides is 1. The summed E-state index contributed by atoms with van der Waals surface area (Å²) in [7, 11) is 0. The third kappa shape index (κ3) is 4.95. The molecule has 0 bridgehead atoms. The third-order valence-corrected chi connectivity index (χ3v) is 4.22. The zero-order valence-electron chi connectivity index (χ0n) is 16.3. The summed E-state index contributed by atoms with van der Waals surface area (Å²) in [4.78, 5) is 33.0. The molecule has 0 spiro atoms. The molecule has 0 aliphatic carbocycles. The highest BCUT2D eigenvalue weighted by atomic mass is 16.5. The number of aryl methyl sites for hydroxylation is 1. The molecule has 148 valence electrons. The Morgan fingerprint density at radius 1 is 0.931 bits per heavy atom.